The molecule has 5 amide bonds. The van der Waals surface area contributed by atoms with Crippen molar-refractivity contribution in [3.63, 3.8) is 0 Å². The van der Waals surface area contributed by atoms with Crippen LogP contribution in [0.1, 0.15) is 64.4 Å². The number of pyridine rings is 1. The Labute approximate surface area is 313 Å². The average Bonchev–Trinajstić information content (AvgIpc) is 3.68. The van der Waals surface area contributed by atoms with Crippen LogP contribution >= 0.6 is 11.6 Å². The van der Waals surface area contributed by atoms with E-state index in [0.29, 0.717) is 30.2 Å². The number of nitrogens with one attached hydrogen (secondary N) is 2. The number of hydrogen-bond donors (Lipinski definition) is 2. The Hall–Kier alpha value is -4.85. The zero-order valence-corrected chi connectivity index (χ0v) is 30.5. The van der Waals surface area contributed by atoms with E-state index in [1.165, 1.54) is 0 Å². The van der Waals surface area contributed by atoms with Gasteiger partial charge in [0.2, 0.25) is 17.7 Å². The van der Waals surface area contributed by atoms with E-state index < -0.39 is 29.7 Å². The van der Waals surface area contributed by atoms with E-state index in [0.717, 1.165) is 91.9 Å². The molecule has 8 rings (SSSR count). The number of amides is 5. The van der Waals surface area contributed by atoms with E-state index in [1.54, 1.807) is 18.3 Å². The molecule has 6 heterocycles. The summed E-state index contributed by atoms with van der Waals surface area (Å²) < 4.78 is 0. The summed E-state index contributed by atoms with van der Waals surface area (Å²) in [7, 11) is 0. The third kappa shape index (κ3) is 6.34. The standard InChI is InChI=1S/C39H43ClN8O5/c1-2-39(24-42-35-34(39)30(40)11-12-41-35)25-5-3-6-27(21-25)47-20-17-45(23-33(47)50)14-4-13-44-15-18-46(19-16-44)26-7-8-28-29(22-26)38(53)48(37(28)52)31-9-10-32(49)43-36(31)51/h3,5-8,11-12,21-22,31H,2,4,9-10,13-20,23-24H2,1H3,(H,41,42)(H,43,49,51). The average molecular weight is 739 g/mol. The molecule has 13 nitrogen and oxygen atoms in total. The molecule has 0 radical (unpaired) electrons. The number of fused-ring (bicyclic) bond motifs is 2. The molecule has 3 fully saturated rings. The smallest absolute Gasteiger partial charge is 0.262 e. The van der Waals surface area contributed by atoms with Crippen molar-refractivity contribution in [1.29, 1.82) is 0 Å². The van der Waals surface area contributed by atoms with Crippen molar-refractivity contribution in [1.82, 2.24) is 25.0 Å². The van der Waals surface area contributed by atoms with Crippen molar-refractivity contribution >= 4 is 58.3 Å². The Morgan fingerprint density at radius 2 is 1.64 bits per heavy atom. The Morgan fingerprint density at radius 1 is 0.868 bits per heavy atom. The Morgan fingerprint density at radius 3 is 2.42 bits per heavy atom. The summed E-state index contributed by atoms with van der Waals surface area (Å²) in [5, 5.41) is 6.38. The minimum atomic E-state index is -0.975. The molecule has 0 spiro atoms. The Balaban J connectivity index is 0.817. The van der Waals surface area contributed by atoms with Crippen LogP contribution in [0.15, 0.2) is 54.7 Å². The molecule has 0 bridgehead atoms. The molecule has 14 heteroatoms. The summed E-state index contributed by atoms with van der Waals surface area (Å²) in [4.78, 5) is 78.2. The molecular formula is C39H43ClN8O5. The summed E-state index contributed by atoms with van der Waals surface area (Å²) in [5.74, 6) is -1.06. The van der Waals surface area contributed by atoms with Gasteiger partial charge in [0, 0.05) is 85.8 Å². The van der Waals surface area contributed by atoms with Crippen LogP contribution in [0.5, 0.6) is 0 Å². The van der Waals surface area contributed by atoms with Crippen LogP contribution in [0.2, 0.25) is 5.02 Å². The third-order valence-corrected chi connectivity index (χ3v) is 12.0. The number of anilines is 3. The van der Waals surface area contributed by atoms with E-state index in [2.05, 4.69) is 49.4 Å². The number of benzene rings is 2. The number of piperazine rings is 2. The van der Waals surface area contributed by atoms with Crippen molar-refractivity contribution in [2.75, 3.05) is 80.6 Å². The second-order valence-corrected chi connectivity index (χ2v) is 14.9. The van der Waals surface area contributed by atoms with Gasteiger partial charge in [0.1, 0.15) is 11.9 Å². The predicted molar refractivity (Wildman–Crippen MR) is 200 cm³/mol. The topological polar surface area (TPSA) is 138 Å². The SMILES string of the molecule is CCC1(c2cccc(N3CCN(CCCN4CCN(c5ccc6c(c5)C(=O)N(C5CCC(=O)NC5=O)C6=O)CC4)CC3=O)c2)CNc2nccc(Cl)c21. The zero-order valence-electron chi connectivity index (χ0n) is 29.8. The third-order valence-electron chi connectivity index (χ3n) is 11.7. The van der Waals surface area contributed by atoms with Gasteiger partial charge < -0.3 is 15.1 Å². The van der Waals surface area contributed by atoms with E-state index in [1.807, 2.05) is 29.2 Å². The maximum absolute atomic E-state index is 13.5. The number of hydrogen-bond acceptors (Lipinski definition) is 10. The molecule has 5 aliphatic heterocycles. The normalized spacial score (nSPS) is 23.7. The van der Waals surface area contributed by atoms with E-state index in [4.69, 9.17) is 11.6 Å². The first-order valence-corrected chi connectivity index (χ1v) is 18.9. The number of rotatable bonds is 9. The number of imide groups is 2. The maximum Gasteiger partial charge on any atom is 0.262 e. The fourth-order valence-electron chi connectivity index (χ4n) is 8.66. The first-order valence-electron chi connectivity index (χ1n) is 18.5. The van der Waals surface area contributed by atoms with Crippen LogP contribution in [-0.2, 0) is 19.8 Å². The highest BCUT2D eigenvalue weighted by Crippen LogP contribution is 2.47. The summed E-state index contributed by atoms with van der Waals surface area (Å²) in [6.07, 6.45) is 3.75. The van der Waals surface area contributed by atoms with Gasteiger partial charge in [-0.15, -0.1) is 0 Å². The van der Waals surface area contributed by atoms with Gasteiger partial charge >= 0.3 is 0 Å². The molecule has 0 aliphatic carbocycles. The van der Waals surface area contributed by atoms with E-state index in [-0.39, 0.29) is 29.7 Å². The summed E-state index contributed by atoms with van der Waals surface area (Å²) in [5.41, 5.74) is 4.21. The molecule has 53 heavy (non-hydrogen) atoms. The highest BCUT2D eigenvalue weighted by molar-refractivity contribution is 6.32. The molecule has 3 saturated heterocycles. The highest BCUT2D eigenvalue weighted by Gasteiger charge is 2.45. The highest BCUT2D eigenvalue weighted by atomic mass is 35.5. The predicted octanol–water partition coefficient (Wildman–Crippen LogP) is 3.12. The number of halogens is 1. The lowest BCUT2D eigenvalue weighted by molar-refractivity contribution is -0.136. The molecule has 276 valence electrons. The fraction of sp³-hybridized carbons (Fsp3) is 0.436. The lowest BCUT2D eigenvalue weighted by Crippen LogP contribution is -2.54. The van der Waals surface area contributed by atoms with Crippen molar-refractivity contribution in [3.8, 4) is 0 Å². The summed E-state index contributed by atoms with van der Waals surface area (Å²) >= 11 is 6.70. The van der Waals surface area contributed by atoms with Crippen LogP contribution in [0.4, 0.5) is 17.2 Å². The molecule has 2 atom stereocenters. The van der Waals surface area contributed by atoms with E-state index in [9.17, 15) is 24.0 Å². The molecule has 2 unspecified atom stereocenters. The first kappa shape index (κ1) is 35.2. The van der Waals surface area contributed by atoms with Gasteiger partial charge in [-0.3, -0.25) is 44.0 Å². The Kier molecular flexibility index (Phi) is 9.42. The van der Waals surface area contributed by atoms with Crippen LogP contribution in [0.25, 0.3) is 0 Å². The zero-order chi connectivity index (χ0) is 36.9. The molecule has 5 aliphatic rings. The lowest BCUT2D eigenvalue weighted by atomic mass is 9.74. The van der Waals surface area contributed by atoms with Gasteiger partial charge in [0.05, 0.1) is 17.7 Å². The minimum Gasteiger partial charge on any atom is -0.369 e. The fourth-order valence-corrected chi connectivity index (χ4v) is 8.99. The molecule has 2 N–H and O–H groups in total. The van der Waals surface area contributed by atoms with Crippen LogP contribution < -0.4 is 20.4 Å². The number of piperidine rings is 1. The maximum atomic E-state index is 13.5. The molecule has 0 saturated carbocycles. The van der Waals surface area contributed by atoms with Crippen LogP contribution in [0, 0.1) is 0 Å². The monoisotopic (exact) mass is 738 g/mol. The summed E-state index contributed by atoms with van der Waals surface area (Å²) in [6.45, 7) is 9.74. The molecular weight excluding hydrogens is 696 g/mol. The molecule has 1 aromatic heterocycles. The van der Waals surface area contributed by atoms with Crippen molar-refractivity contribution in [3.05, 3.63) is 82.0 Å². The number of carbonyl (C=O) groups excluding carboxylic acids is 5. The van der Waals surface area contributed by atoms with Crippen LogP contribution in [-0.4, -0.2) is 121 Å². The van der Waals surface area contributed by atoms with Gasteiger partial charge in [-0.25, -0.2) is 4.98 Å². The molecule has 3 aromatic rings. The number of aromatic nitrogens is 1. The lowest BCUT2D eigenvalue weighted by Gasteiger charge is -2.37. The second kappa shape index (κ2) is 14.2. The van der Waals surface area contributed by atoms with Gasteiger partial charge in [-0.05, 0) is 74.3 Å². The number of carbonyl (C=O) groups is 5. The van der Waals surface area contributed by atoms with Crippen molar-refractivity contribution in [2.45, 2.75) is 44.1 Å². The minimum absolute atomic E-state index is 0.0900. The van der Waals surface area contributed by atoms with Crippen LogP contribution in [0.3, 0.4) is 0 Å². The van der Waals surface area contributed by atoms with Crippen molar-refractivity contribution < 1.29 is 24.0 Å². The van der Waals surface area contributed by atoms with E-state index >= 15 is 0 Å². The summed E-state index contributed by atoms with van der Waals surface area (Å²) in [6, 6.07) is 14.5. The second-order valence-electron chi connectivity index (χ2n) is 14.5. The van der Waals surface area contributed by atoms with Gasteiger partial charge in [0.25, 0.3) is 11.8 Å². The van der Waals surface area contributed by atoms with Gasteiger partial charge in [-0.2, -0.15) is 0 Å². The number of nitrogens with zero attached hydrogens (tertiary/aromatic N) is 6. The largest absolute Gasteiger partial charge is 0.369 e. The van der Waals surface area contributed by atoms with Crippen molar-refractivity contribution in [2.24, 2.45) is 0 Å². The molecule has 2 aromatic carbocycles. The Bertz CT molecular complexity index is 2000. The quantitative estimate of drug-likeness (QED) is 0.315. The van der Waals surface area contributed by atoms with Gasteiger partial charge in [0.15, 0.2) is 0 Å². The van der Waals surface area contributed by atoms with Gasteiger partial charge in [-0.1, -0.05) is 30.7 Å². The first-order chi connectivity index (χ1) is 25.7.